The number of unbranched alkanes of at least 4 members (excludes halogenated alkanes) is 9. The van der Waals surface area contributed by atoms with Crippen LogP contribution in [-0.2, 0) is 14.6 Å². The van der Waals surface area contributed by atoms with Crippen molar-refractivity contribution < 1.29 is 26.7 Å². The molecule has 0 aromatic carbocycles. The molecule has 146 valence electrons. The Morgan fingerprint density at radius 1 is 0.958 bits per heavy atom. The summed E-state index contributed by atoms with van der Waals surface area (Å²) in [5.74, 6) is 0. The van der Waals surface area contributed by atoms with Crippen molar-refractivity contribution in [3.8, 4) is 0 Å². The van der Waals surface area contributed by atoms with Crippen LogP contribution in [0.4, 0.5) is 0 Å². The lowest BCUT2D eigenvalue weighted by atomic mass is 10.1. The number of likely N-dealkylation sites (N-methyl/N-ethyl adjacent to an activating group) is 1. The average molecular weight is 368 g/mol. The second-order valence-electron chi connectivity index (χ2n) is 7.33. The van der Waals surface area contributed by atoms with Gasteiger partial charge in [-0.1, -0.05) is 58.3 Å². The Labute approximate surface area is 148 Å². The Morgan fingerprint density at radius 3 is 1.83 bits per heavy atom. The lowest BCUT2D eigenvalue weighted by Gasteiger charge is -2.33. The molecule has 0 saturated heterocycles. The van der Waals surface area contributed by atoms with Gasteiger partial charge in [0.2, 0.25) is 10.4 Å². The molecule has 1 atom stereocenters. The summed E-state index contributed by atoms with van der Waals surface area (Å²) in [5.41, 5.74) is 0. The zero-order valence-corrected chi connectivity index (χ0v) is 16.5. The van der Waals surface area contributed by atoms with E-state index in [1.807, 2.05) is 14.1 Å². The summed E-state index contributed by atoms with van der Waals surface area (Å²) >= 11 is 0. The maximum absolute atomic E-state index is 10.6. The van der Waals surface area contributed by atoms with Crippen LogP contribution in [-0.4, -0.2) is 62.5 Å². The summed E-state index contributed by atoms with van der Waals surface area (Å²) in [6, 6.07) is 0. The van der Waals surface area contributed by atoms with Crippen LogP contribution in [0.5, 0.6) is 0 Å². The highest BCUT2D eigenvalue weighted by Crippen LogP contribution is 2.12. The lowest BCUT2D eigenvalue weighted by Crippen LogP contribution is -2.48. The van der Waals surface area contributed by atoms with Crippen molar-refractivity contribution in [1.29, 1.82) is 0 Å². The Hall–Kier alpha value is -0.210. The van der Waals surface area contributed by atoms with Crippen molar-refractivity contribution >= 4 is 10.4 Å². The summed E-state index contributed by atoms with van der Waals surface area (Å²) in [7, 11) is -0.861. The first kappa shape index (κ1) is 23.8. The zero-order chi connectivity index (χ0) is 18.5. The van der Waals surface area contributed by atoms with Gasteiger partial charge in [-0.25, -0.2) is 8.42 Å². The van der Waals surface area contributed by atoms with Crippen LogP contribution >= 0.6 is 0 Å². The first-order valence-electron chi connectivity index (χ1n) is 9.27. The maximum Gasteiger partial charge on any atom is 0.218 e. The fourth-order valence-electron chi connectivity index (χ4n) is 2.96. The largest absolute Gasteiger partial charge is 0.726 e. The average Bonchev–Trinajstić information content (AvgIpc) is 2.46. The Kier molecular flexibility index (Phi) is 12.9. The standard InChI is InChI=1S/C17H37NO5S/c1-4-5-6-7-8-9-10-11-12-13-14-18(2,3)15-17(16-19)23-24(20,21)22/h17,19H,4-16H2,1-3H3. The van der Waals surface area contributed by atoms with E-state index < -0.39 is 23.1 Å². The van der Waals surface area contributed by atoms with E-state index in [2.05, 4.69) is 11.1 Å². The van der Waals surface area contributed by atoms with Crippen LogP contribution in [0.2, 0.25) is 0 Å². The summed E-state index contributed by atoms with van der Waals surface area (Å²) < 4.78 is 36.8. The molecular weight excluding hydrogens is 330 g/mol. The third-order valence-corrected chi connectivity index (χ3v) is 4.78. The van der Waals surface area contributed by atoms with Crippen molar-refractivity contribution in [1.82, 2.24) is 0 Å². The second-order valence-corrected chi connectivity index (χ2v) is 8.34. The van der Waals surface area contributed by atoms with Crippen LogP contribution in [0.15, 0.2) is 0 Å². The number of hydrogen-bond acceptors (Lipinski definition) is 5. The summed E-state index contributed by atoms with van der Waals surface area (Å²) in [6.45, 7) is 2.93. The van der Waals surface area contributed by atoms with Crippen molar-refractivity contribution in [2.45, 2.75) is 77.2 Å². The fourth-order valence-corrected chi connectivity index (χ4v) is 3.41. The molecule has 0 aliphatic carbocycles. The number of aliphatic hydroxyl groups excluding tert-OH is 1. The molecule has 1 unspecified atom stereocenters. The molecule has 7 heteroatoms. The molecule has 0 heterocycles. The molecule has 1 N–H and O–H groups in total. The third kappa shape index (κ3) is 15.3. The number of rotatable bonds is 16. The van der Waals surface area contributed by atoms with Crippen LogP contribution in [0.1, 0.15) is 71.1 Å². The molecule has 0 aliphatic heterocycles. The zero-order valence-electron chi connectivity index (χ0n) is 15.7. The van der Waals surface area contributed by atoms with Gasteiger partial charge in [-0.05, 0) is 12.8 Å². The SMILES string of the molecule is CCCCCCCCCCCC[N+](C)(C)CC(CO)OS(=O)(=O)[O-]. The van der Waals surface area contributed by atoms with Gasteiger partial charge in [-0.2, -0.15) is 0 Å². The highest BCUT2D eigenvalue weighted by Gasteiger charge is 2.23. The van der Waals surface area contributed by atoms with E-state index in [1.165, 1.54) is 51.4 Å². The molecule has 0 aromatic rings. The molecule has 0 bridgehead atoms. The fraction of sp³-hybridized carbons (Fsp3) is 1.00. The smallest absolute Gasteiger partial charge is 0.218 e. The lowest BCUT2D eigenvalue weighted by molar-refractivity contribution is -0.893. The van der Waals surface area contributed by atoms with Gasteiger partial charge in [0.1, 0.15) is 12.6 Å². The Balaban J connectivity index is 3.76. The third-order valence-electron chi connectivity index (χ3n) is 4.27. The number of nitrogens with zero attached hydrogens (tertiary/aromatic N) is 1. The van der Waals surface area contributed by atoms with Gasteiger partial charge in [0.25, 0.3) is 0 Å². The Bertz CT molecular complexity index is 398. The van der Waals surface area contributed by atoms with Gasteiger partial charge in [-0.3, -0.25) is 4.18 Å². The highest BCUT2D eigenvalue weighted by molar-refractivity contribution is 7.80. The first-order valence-corrected chi connectivity index (χ1v) is 10.6. The molecule has 0 rings (SSSR count). The van der Waals surface area contributed by atoms with E-state index in [4.69, 9.17) is 5.11 Å². The van der Waals surface area contributed by atoms with Crippen molar-refractivity contribution in [2.75, 3.05) is 33.8 Å². The molecule has 24 heavy (non-hydrogen) atoms. The predicted octanol–water partition coefficient (Wildman–Crippen LogP) is 2.82. The highest BCUT2D eigenvalue weighted by atomic mass is 32.3. The van der Waals surface area contributed by atoms with E-state index >= 15 is 0 Å². The van der Waals surface area contributed by atoms with E-state index in [9.17, 15) is 13.0 Å². The van der Waals surface area contributed by atoms with Crippen LogP contribution in [0, 0.1) is 0 Å². The van der Waals surface area contributed by atoms with E-state index in [1.54, 1.807) is 0 Å². The maximum atomic E-state index is 10.6. The minimum Gasteiger partial charge on any atom is -0.726 e. The molecule has 0 radical (unpaired) electrons. The molecule has 0 fully saturated rings. The van der Waals surface area contributed by atoms with Gasteiger partial charge >= 0.3 is 0 Å². The van der Waals surface area contributed by atoms with Crippen LogP contribution < -0.4 is 0 Å². The van der Waals surface area contributed by atoms with Gasteiger partial charge in [0.05, 0.1) is 27.2 Å². The summed E-state index contributed by atoms with van der Waals surface area (Å²) in [6.07, 6.45) is 11.7. The number of aliphatic hydroxyl groups is 1. The quantitative estimate of drug-likeness (QED) is 0.196. The summed E-state index contributed by atoms with van der Waals surface area (Å²) in [4.78, 5) is 0. The number of quaternary nitrogens is 1. The first-order chi connectivity index (χ1) is 11.2. The topological polar surface area (TPSA) is 86.7 Å². The Morgan fingerprint density at radius 2 is 1.42 bits per heavy atom. The van der Waals surface area contributed by atoms with Crippen molar-refractivity contribution in [3.63, 3.8) is 0 Å². The van der Waals surface area contributed by atoms with E-state index in [0.29, 0.717) is 11.0 Å². The molecule has 6 nitrogen and oxygen atoms in total. The van der Waals surface area contributed by atoms with Crippen molar-refractivity contribution in [3.05, 3.63) is 0 Å². The minimum absolute atomic E-state index is 0.301. The second kappa shape index (κ2) is 13.1. The molecule has 0 spiro atoms. The van der Waals surface area contributed by atoms with Gasteiger partial charge < -0.3 is 14.1 Å². The molecule has 0 aliphatic rings. The van der Waals surface area contributed by atoms with Crippen LogP contribution in [0.25, 0.3) is 0 Å². The van der Waals surface area contributed by atoms with Crippen LogP contribution in [0.3, 0.4) is 0 Å². The van der Waals surface area contributed by atoms with E-state index in [0.717, 1.165) is 19.4 Å². The predicted molar refractivity (Wildman–Crippen MR) is 95.3 cm³/mol. The van der Waals surface area contributed by atoms with Gasteiger partial charge in [-0.15, -0.1) is 0 Å². The summed E-state index contributed by atoms with van der Waals surface area (Å²) in [5, 5.41) is 9.16. The number of hydrogen-bond donors (Lipinski definition) is 1. The molecule has 0 aromatic heterocycles. The van der Waals surface area contributed by atoms with E-state index in [-0.39, 0.29) is 0 Å². The molecular formula is C17H37NO5S. The van der Waals surface area contributed by atoms with Gasteiger partial charge in [0, 0.05) is 0 Å². The van der Waals surface area contributed by atoms with Gasteiger partial charge in [0.15, 0.2) is 0 Å². The minimum atomic E-state index is -4.77. The molecule has 0 saturated carbocycles. The monoisotopic (exact) mass is 367 g/mol. The van der Waals surface area contributed by atoms with Crippen molar-refractivity contribution in [2.24, 2.45) is 0 Å². The molecule has 0 amide bonds. The normalized spacial score (nSPS) is 14.0.